The summed E-state index contributed by atoms with van der Waals surface area (Å²) in [5.41, 5.74) is 1.39. The second-order valence-electron chi connectivity index (χ2n) is 6.51. The Labute approximate surface area is 131 Å². The molecule has 1 amide bonds. The second kappa shape index (κ2) is 5.73. The second-order valence-corrected chi connectivity index (χ2v) is 6.51. The van der Waals surface area contributed by atoms with Crippen LogP contribution >= 0.6 is 0 Å². The van der Waals surface area contributed by atoms with Gasteiger partial charge in [-0.2, -0.15) is 0 Å². The first-order valence-corrected chi connectivity index (χ1v) is 8.29. The molecule has 0 radical (unpaired) electrons. The van der Waals surface area contributed by atoms with Gasteiger partial charge in [-0.25, -0.2) is 0 Å². The molecule has 3 heteroatoms. The van der Waals surface area contributed by atoms with E-state index in [1.54, 1.807) is 0 Å². The first-order chi connectivity index (χ1) is 10.8. The highest BCUT2D eigenvalue weighted by molar-refractivity contribution is 5.85. The fourth-order valence-electron chi connectivity index (χ4n) is 3.39. The highest BCUT2D eigenvalue weighted by Gasteiger charge is 2.34. The van der Waals surface area contributed by atoms with E-state index in [9.17, 15) is 4.79 Å². The third-order valence-electron chi connectivity index (χ3n) is 4.88. The van der Waals surface area contributed by atoms with Crippen LogP contribution in [0.3, 0.4) is 0 Å². The van der Waals surface area contributed by atoms with Crippen molar-refractivity contribution < 1.29 is 4.79 Å². The molecule has 4 rings (SSSR count). The van der Waals surface area contributed by atoms with Crippen LogP contribution in [-0.2, 0) is 11.3 Å². The third kappa shape index (κ3) is 2.73. The van der Waals surface area contributed by atoms with Crippen LogP contribution in [0.15, 0.2) is 42.5 Å². The number of nitrogens with zero attached hydrogens (tertiary/aromatic N) is 2. The zero-order valence-electron chi connectivity index (χ0n) is 12.9. The number of carbonyl (C=O) groups excluding carboxylic acids is 1. The molecule has 1 aliphatic carbocycles. The van der Waals surface area contributed by atoms with Crippen molar-refractivity contribution in [3.63, 3.8) is 0 Å². The van der Waals surface area contributed by atoms with Crippen molar-refractivity contribution in [2.24, 2.45) is 5.92 Å². The molecule has 2 aromatic rings. The minimum atomic E-state index is 0.351. The number of fused-ring (bicyclic) bond motifs is 1. The number of benzene rings is 2. The Balaban J connectivity index is 1.42. The average molecular weight is 294 g/mol. The minimum Gasteiger partial charge on any atom is -0.340 e. The van der Waals surface area contributed by atoms with Gasteiger partial charge in [0.15, 0.2) is 0 Å². The van der Waals surface area contributed by atoms with E-state index in [4.69, 9.17) is 0 Å². The summed E-state index contributed by atoms with van der Waals surface area (Å²) in [6.07, 6.45) is 2.21. The summed E-state index contributed by atoms with van der Waals surface area (Å²) in [5, 5.41) is 2.66. The first kappa shape index (κ1) is 13.8. The normalized spacial score (nSPS) is 19.5. The number of amides is 1. The van der Waals surface area contributed by atoms with Gasteiger partial charge in [0.05, 0.1) is 0 Å². The average Bonchev–Trinajstić information content (AvgIpc) is 3.40. The lowest BCUT2D eigenvalue weighted by molar-refractivity contribution is -0.134. The van der Waals surface area contributed by atoms with E-state index in [2.05, 4.69) is 52.3 Å². The van der Waals surface area contributed by atoms with Crippen molar-refractivity contribution in [1.82, 2.24) is 9.80 Å². The summed E-state index contributed by atoms with van der Waals surface area (Å²) >= 11 is 0. The lowest BCUT2D eigenvalue weighted by Gasteiger charge is -2.35. The predicted octanol–water partition coefficient (Wildman–Crippen LogP) is 2.89. The molecule has 1 heterocycles. The van der Waals surface area contributed by atoms with E-state index in [0.717, 1.165) is 45.6 Å². The molecule has 1 saturated heterocycles. The molecule has 0 aromatic heterocycles. The molecule has 2 aliphatic rings. The van der Waals surface area contributed by atoms with Gasteiger partial charge in [0.2, 0.25) is 5.91 Å². The van der Waals surface area contributed by atoms with E-state index in [0.29, 0.717) is 11.8 Å². The Hall–Kier alpha value is -1.87. The zero-order chi connectivity index (χ0) is 14.9. The first-order valence-electron chi connectivity index (χ1n) is 8.29. The molecule has 22 heavy (non-hydrogen) atoms. The van der Waals surface area contributed by atoms with E-state index >= 15 is 0 Å². The minimum absolute atomic E-state index is 0.351. The molecule has 114 valence electrons. The van der Waals surface area contributed by atoms with Crippen molar-refractivity contribution in [3.8, 4) is 0 Å². The van der Waals surface area contributed by atoms with Crippen LogP contribution in [0.4, 0.5) is 0 Å². The Morgan fingerprint density at radius 3 is 2.45 bits per heavy atom. The van der Waals surface area contributed by atoms with Crippen LogP contribution in [0.5, 0.6) is 0 Å². The molecule has 0 N–H and O–H groups in total. The standard InChI is InChI=1S/C19H22N2O/c22-19(16-8-9-16)21-12-10-20(11-13-21)14-17-6-3-5-15-4-1-2-7-18(15)17/h1-7,16H,8-14H2. The summed E-state index contributed by atoms with van der Waals surface area (Å²) in [6.45, 7) is 4.73. The van der Waals surface area contributed by atoms with Crippen molar-refractivity contribution in [3.05, 3.63) is 48.0 Å². The zero-order valence-corrected chi connectivity index (χ0v) is 12.9. The Kier molecular flexibility index (Phi) is 3.59. The van der Waals surface area contributed by atoms with Crippen LogP contribution in [0.2, 0.25) is 0 Å². The summed E-state index contributed by atoms with van der Waals surface area (Å²) in [5.74, 6) is 0.745. The van der Waals surface area contributed by atoms with E-state index in [1.165, 1.54) is 16.3 Å². The lowest BCUT2D eigenvalue weighted by Crippen LogP contribution is -2.48. The van der Waals surface area contributed by atoms with Crippen LogP contribution < -0.4 is 0 Å². The predicted molar refractivity (Wildman–Crippen MR) is 88.5 cm³/mol. The largest absolute Gasteiger partial charge is 0.340 e. The van der Waals surface area contributed by atoms with Gasteiger partial charge in [-0.3, -0.25) is 9.69 Å². The SMILES string of the molecule is O=C(C1CC1)N1CCN(Cc2cccc3ccccc23)CC1. The van der Waals surface area contributed by atoms with Gasteiger partial charge in [0.1, 0.15) is 0 Å². The fourth-order valence-corrected chi connectivity index (χ4v) is 3.39. The monoisotopic (exact) mass is 294 g/mol. The fraction of sp³-hybridized carbons (Fsp3) is 0.421. The van der Waals surface area contributed by atoms with Crippen molar-refractivity contribution in [1.29, 1.82) is 0 Å². The van der Waals surface area contributed by atoms with Gasteiger partial charge in [-0.15, -0.1) is 0 Å². The van der Waals surface area contributed by atoms with Crippen LogP contribution in [0.1, 0.15) is 18.4 Å². The Bertz CT molecular complexity index is 679. The number of rotatable bonds is 3. The van der Waals surface area contributed by atoms with Crippen LogP contribution in [0.25, 0.3) is 10.8 Å². The molecule has 0 spiro atoms. The molecule has 0 atom stereocenters. The molecule has 2 fully saturated rings. The van der Waals surface area contributed by atoms with Crippen molar-refractivity contribution in [2.75, 3.05) is 26.2 Å². The van der Waals surface area contributed by atoms with Gasteiger partial charge < -0.3 is 4.90 Å². The van der Waals surface area contributed by atoms with Crippen LogP contribution in [0, 0.1) is 5.92 Å². The van der Waals surface area contributed by atoms with Crippen LogP contribution in [-0.4, -0.2) is 41.9 Å². The number of hydrogen-bond donors (Lipinski definition) is 0. The van der Waals surface area contributed by atoms with E-state index in [1.807, 2.05) is 0 Å². The number of hydrogen-bond acceptors (Lipinski definition) is 2. The quantitative estimate of drug-likeness (QED) is 0.869. The molecule has 0 unspecified atom stereocenters. The van der Waals surface area contributed by atoms with Crippen molar-refractivity contribution in [2.45, 2.75) is 19.4 Å². The smallest absolute Gasteiger partial charge is 0.225 e. The summed E-state index contributed by atoms with van der Waals surface area (Å²) < 4.78 is 0. The van der Waals surface area contributed by atoms with Gasteiger partial charge in [-0.05, 0) is 29.2 Å². The molecule has 1 saturated carbocycles. The Morgan fingerprint density at radius 1 is 0.955 bits per heavy atom. The summed E-state index contributed by atoms with van der Waals surface area (Å²) in [4.78, 5) is 16.6. The van der Waals surface area contributed by atoms with E-state index < -0.39 is 0 Å². The molecule has 0 bridgehead atoms. The third-order valence-corrected chi connectivity index (χ3v) is 4.88. The molecule has 2 aromatic carbocycles. The summed E-state index contributed by atoms with van der Waals surface area (Å²) in [7, 11) is 0. The number of carbonyl (C=O) groups is 1. The highest BCUT2D eigenvalue weighted by Crippen LogP contribution is 2.31. The highest BCUT2D eigenvalue weighted by atomic mass is 16.2. The maximum Gasteiger partial charge on any atom is 0.225 e. The summed E-state index contributed by atoms with van der Waals surface area (Å²) in [6, 6.07) is 15.1. The van der Waals surface area contributed by atoms with Gasteiger partial charge in [-0.1, -0.05) is 42.5 Å². The van der Waals surface area contributed by atoms with E-state index in [-0.39, 0.29) is 0 Å². The molecule has 3 nitrogen and oxygen atoms in total. The maximum atomic E-state index is 12.1. The topological polar surface area (TPSA) is 23.6 Å². The number of piperazine rings is 1. The van der Waals surface area contributed by atoms with Crippen molar-refractivity contribution >= 4 is 16.7 Å². The maximum absolute atomic E-state index is 12.1. The molecular weight excluding hydrogens is 272 g/mol. The van der Waals surface area contributed by atoms with Gasteiger partial charge >= 0.3 is 0 Å². The molecule has 1 aliphatic heterocycles. The van der Waals surface area contributed by atoms with Gasteiger partial charge in [0, 0.05) is 38.6 Å². The molecular formula is C19H22N2O. The van der Waals surface area contributed by atoms with Gasteiger partial charge in [0.25, 0.3) is 0 Å². The Morgan fingerprint density at radius 2 is 1.68 bits per heavy atom. The lowest BCUT2D eigenvalue weighted by atomic mass is 10.0.